The number of aromatic carboxylic acids is 1. The molecule has 1 saturated heterocycles. The minimum Gasteiger partial charge on any atom is -0.504 e. The van der Waals surface area contributed by atoms with Crippen LogP contribution in [0.2, 0.25) is 0 Å². The van der Waals surface area contributed by atoms with Crippen molar-refractivity contribution in [2.45, 2.75) is 55.3 Å². The van der Waals surface area contributed by atoms with Crippen LogP contribution in [0.4, 0.5) is 5.69 Å². The van der Waals surface area contributed by atoms with Crippen molar-refractivity contribution in [1.29, 1.82) is 0 Å². The second-order valence-corrected chi connectivity index (χ2v) is 12.8. The number of carboxylic acid groups (broad SMARTS) is 1. The van der Waals surface area contributed by atoms with E-state index in [4.69, 9.17) is 4.74 Å². The molecule has 9 heteroatoms. The summed E-state index contributed by atoms with van der Waals surface area (Å²) in [7, 11) is 0. The minimum absolute atomic E-state index is 0.0344. The summed E-state index contributed by atoms with van der Waals surface area (Å²) >= 11 is 0. The van der Waals surface area contributed by atoms with Crippen LogP contribution in [0.25, 0.3) is 11.1 Å². The largest absolute Gasteiger partial charge is 0.504 e. The Morgan fingerprint density at radius 1 is 1.05 bits per heavy atom. The molecule has 2 heterocycles. The number of carbonyl (C=O) groups excluding carboxylic acids is 2. The quantitative estimate of drug-likeness (QED) is 0.324. The van der Waals surface area contributed by atoms with Crippen molar-refractivity contribution in [2.24, 2.45) is 11.8 Å². The van der Waals surface area contributed by atoms with E-state index in [0.29, 0.717) is 35.6 Å². The topological polar surface area (TPSA) is 136 Å². The van der Waals surface area contributed by atoms with Crippen molar-refractivity contribution in [1.82, 2.24) is 4.90 Å². The maximum atomic E-state index is 14.2. The molecule has 5 atom stereocenters. The predicted molar refractivity (Wildman–Crippen MR) is 156 cm³/mol. The number of benzene rings is 3. The number of amides is 1. The number of phenolic OH excluding ortho intramolecular Hbond substituents is 1. The van der Waals surface area contributed by atoms with E-state index in [-0.39, 0.29) is 35.3 Å². The lowest BCUT2D eigenvalue weighted by Gasteiger charge is -2.63. The van der Waals surface area contributed by atoms with Crippen LogP contribution in [0, 0.1) is 11.8 Å². The average molecular weight is 581 g/mol. The predicted octanol–water partition coefficient (Wildman–Crippen LogP) is 3.76. The lowest BCUT2D eigenvalue weighted by molar-refractivity contribution is -0.197. The van der Waals surface area contributed by atoms with Crippen molar-refractivity contribution >= 4 is 23.3 Å². The van der Waals surface area contributed by atoms with Crippen LogP contribution >= 0.6 is 0 Å². The fourth-order valence-corrected chi connectivity index (χ4v) is 8.38. The summed E-state index contributed by atoms with van der Waals surface area (Å²) in [6, 6.07) is 16.7. The molecule has 3 aromatic carbocycles. The first kappa shape index (κ1) is 26.4. The molecule has 3 aromatic rings. The molecule has 3 aliphatic carbocycles. The number of likely N-dealkylation sites (tertiary alicyclic amines) is 1. The van der Waals surface area contributed by atoms with E-state index >= 15 is 0 Å². The molecular weight excluding hydrogens is 548 g/mol. The number of aliphatic hydroxyl groups is 1. The molecule has 1 spiro atoms. The van der Waals surface area contributed by atoms with Crippen molar-refractivity contribution in [3.05, 3.63) is 77.4 Å². The van der Waals surface area contributed by atoms with Crippen LogP contribution in [0.15, 0.2) is 60.7 Å². The number of carbonyl (C=O) groups is 3. The molecule has 2 bridgehead atoms. The molecule has 1 unspecified atom stereocenters. The van der Waals surface area contributed by atoms with Crippen LogP contribution in [0.5, 0.6) is 11.5 Å². The smallest absolute Gasteiger partial charge is 0.335 e. The first-order valence-corrected chi connectivity index (χ1v) is 15.0. The van der Waals surface area contributed by atoms with Gasteiger partial charge in [0.05, 0.1) is 16.6 Å². The lowest BCUT2D eigenvalue weighted by atomic mass is 9.47. The number of nitrogens with zero attached hydrogens (tertiary/aromatic N) is 1. The Bertz CT molecular complexity index is 1700. The van der Waals surface area contributed by atoms with Gasteiger partial charge >= 0.3 is 5.97 Å². The zero-order valence-electron chi connectivity index (χ0n) is 23.5. The van der Waals surface area contributed by atoms with Crippen molar-refractivity contribution in [3.63, 3.8) is 0 Å². The summed E-state index contributed by atoms with van der Waals surface area (Å²) in [6.45, 7) is 1.60. The van der Waals surface area contributed by atoms with E-state index < -0.39 is 34.9 Å². The van der Waals surface area contributed by atoms with E-state index in [1.165, 1.54) is 25.0 Å². The van der Waals surface area contributed by atoms with E-state index in [0.717, 1.165) is 24.2 Å². The Morgan fingerprint density at radius 3 is 2.56 bits per heavy atom. The van der Waals surface area contributed by atoms with Crippen LogP contribution in [0.1, 0.15) is 47.2 Å². The number of rotatable bonds is 6. The summed E-state index contributed by atoms with van der Waals surface area (Å²) in [5, 5.41) is 35.8. The normalized spacial score (nSPS) is 30.3. The number of anilines is 1. The standard InChI is InChI=1S/C34H32N2O7/c37-25-12-11-21-15-26-34(42)16-23(28(38)30-33(34,27(21)29(25)43-30)13-14-36(26)17-18-5-6-18)31(39)35-24-4-2-1-3-22(24)19-7-9-20(10-8-19)32(40)41/h1-4,7-12,18,23,26,30,37,42H,5-6,13-17H2,(H,35,39)(H,40,41)/t23?,26-,30+,33+,34-/m1/s1. The Balaban J connectivity index is 1.16. The van der Waals surface area contributed by atoms with Gasteiger partial charge in [-0.2, -0.15) is 0 Å². The molecule has 4 N–H and O–H groups in total. The third kappa shape index (κ3) is 3.67. The highest BCUT2D eigenvalue weighted by Crippen LogP contribution is 2.65. The molecule has 2 saturated carbocycles. The first-order valence-electron chi connectivity index (χ1n) is 15.0. The molecule has 0 radical (unpaired) electrons. The molecular formula is C34H32N2O7. The Hall–Kier alpha value is -4.21. The summed E-state index contributed by atoms with van der Waals surface area (Å²) in [6.07, 6.45) is 2.31. The molecule has 8 rings (SSSR count). The van der Waals surface area contributed by atoms with Gasteiger partial charge in [0.15, 0.2) is 23.4 Å². The van der Waals surface area contributed by atoms with E-state index in [2.05, 4.69) is 10.2 Å². The van der Waals surface area contributed by atoms with Gasteiger partial charge in [-0.1, -0.05) is 36.4 Å². The van der Waals surface area contributed by atoms with E-state index in [1.807, 2.05) is 18.2 Å². The Kier molecular flexibility index (Phi) is 5.62. The Labute approximate surface area is 248 Å². The van der Waals surface area contributed by atoms with Gasteiger partial charge in [-0.05, 0) is 80.0 Å². The highest BCUT2D eigenvalue weighted by molar-refractivity contribution is 6.11. The molecule has 9 nitrogen and oxygen atoms in total. The minimum atomic E-state index is -1.40. The number of piperidine rings is 1. The molecule has 5 aliphatic rings. The van der Waals surface area contributed by atoms with Crippen LogP contribution < -0.4 is 10.1 Å². The zero-order chi connectivity index (χ0) is 29.7. The molecule has 3 fully saturated rings. The fraction of sp³-hybridized carbons (Fsp3) is 0.382. The number of nitrogens with one attached hydrogen (secondary N) is 1. The number of para-hydroxylation sites is 1. The number of ketones is 1. The van der Waals surface area contributed by atoms with Crippen molar-refractivity contribution in [3.8, 4) is 22.6 Å². The van der Waals surface area contributed by atoms with Gasteiger partial charge in [-0.15, -0.1) is 0 Å². The van der Waals surface area contributed by atoms with Gasteiger partial charge in [-0.25, -0.2) is 4.79 Å². The number of hydrogen-bond acceptors (Lipinski definition) is 7. The van der Waals surface area contributed by atoms with Crippen LogP contribution in [-0.2, 0) is 21.4 Å². The van der Waals surface area contributed by atoms with E-state index in [1.54, 1.807) is 30.3 Å². The number of phenols is 1. The van der Waals surface area contributed by atoms with E-state index in [9.17, 15) is 29.7 Å². The van der Waals surface area contributed by atoms with Crippen LogP contribution in [-0.4, -0.2) is 68.7 Å². The third-order valence-electron chi connectivity index (χ3n) is 10.6. The van der Waals surface area contributed by atoms with Gasteiger partial charge in [0, 0.05) is 29.4 Å². The maximum absolute atomic E-state index is 14.2. The van der Waals surface area contributed by atoms with Gasteiger partial charge in [0.1, 0.15) is 5.92 Å². The molecule has 0 aromatic heterocycles. The fourth-order valence-electron chi connectivity index (χ4n) is 8.38. The highest BCUT2D eigenvalue weighted by Gasteiger charge is 2.75. The van der Waals surface area contributed by atoms with Gasteiger partial charge < -0.3 is 25.4 Å². The second kappa shape index (κ2) is 9.14. The molecule has 220 valence electrons. The van der Waals surface area contributed by atoms with Crippen molar-refractivity contribution in [2.75, 3.05) is 18.4 Å². The maximum Gasteiger partial charge on any atom is 0.335 e. The molecule has 1 amide bonds. The molecule has 43 heavy (non-hydrogen) atoms. The van der Waals surface area contributed by atoms with Crippen molar-refractivity contribution < 1.29 is 34.4 Å². The number of hydrogen-bond donors (Lipinski definition) is 4. The Morgan fingerprint density at radius 2 is 1.81 bits per heavy atom. The number of Topliss-reactive ketones (excluding diaryl/α,β-unsaturated/α-hetero) is 1. The number of aromatic hydroxyl groups is 1. The first-order chi connectivity index (χ1) is 20.7. The summed E-state index contributed by atoms with van der Waals surface area (Å²) in [5.41, 5.74) is 1.33. The second-order valence-electron chi connectivity index (χ2n) is 12.8. The van der Waals surface area contributed by atoms with Crippen LogP contribution in [0.3, 0.4) is 0 Å². The highest BCUT2D eigenvalue weighted by atomic mass is 16.5. The third-order valence-corrected chi connectivity index (χ3v) is 10.6. The lowest BCUT2D eigenvalue weighted by Crippen LogP contribution is -2.78. The van der Waals surface area contributed by atoms with Gasteiger partial charge in [0.2, 0.25) is 5.91 Å². The average Bonchev–Trinajstić information content (AvgIpc) is 3.74. The van der Waals surface area contributed by atoms with Gasteiger partial charge in [0.25, 0.3) is 0 Å². The SMILES string of the molecule is O=C(O)c1ccc(-c2ccccc2NC(=O)C2C[C@@]3(O)[C@H]4Cc5ccc(O)c6c5[C@@]3(CCN4CC3CC3)[C@@H](O6)C2=O)cc1. The summed E-state index contributed by atoms with van der Waals surface area (Å²) in [5.74, 6) is -2.28. The molecule has 2 aliphatic heterocycles. The number of carboxylic acids is 1. The number of ether oxygens (including phenoxy) is 1. The summed E-state index contributed by atoms with van der Waals surface area (Å²) < 4.78 is 6.26. The monoisotopic (exact) mass is 580 g/mol. The summed E-state index contributed by atoms with van der Waals surface area (Å²) in [4.78, 5) is 41.9. The van der Waals surface area contributed by atoms with Gasteiger partial charge in [-0.3, -0.25) is 14.5 Å². The zero-order valence-corrected chi connectivity index (χ0v) is 23.5.